The van der Waals surface area contributed by atoms with Gasteiger partial charge < -0.3 is 9.32 Å². The number of furan rings is 1. The van der Waals surface area contributed by atoms with Crippen molar-refractivity contribution in [1.82, 2.24) is 0 Å². The van der Waals surface area contributed by atoms with Crippen LogP contribution in [-0.4, -0.2) is 0 Å². The summed E-state index contributed by atoms with van der Waals surface area (Å²) < 4.78 is 6.26. The number of hydrogen-bond acceptors (Lipinski definition) is 2. The summed E-state index contributed by atoms with van der Waals surface area (Å²) in [6, 6.07) is 86.4. The molecule has 0 atom stereocenters. The average molecular weight is 802 g/mol. The predicted octanol–water partition coefficient (Wildman–Crippen LogP) is 16.4. The summed E-state index contributed by atoms with van der Waals surface area (Å²) in [5, 5.41) is 2.29. The number of rotatable bonds is 6. The fraction of sp³-hybridized carbons (Fsp3) is 0.0164. The van der Waals surface area contributed by atoms with Gasteiger partial charge in [0.05, 0.1) is 5.41 Å². The highest BCUT2D eigenvalue weighted by Gasteiger charge is 2.51. The summed E-state index contributed by atoms with van der Waals surface area (Å²) in [6.45, 7) is 0. The van der Waals surface area contributed by atoms with Gasteiger partial charge in [0.25, 0.3) is 0 Å². The van der Waals surface area contributed by atoms with Gasteiger partial charge in [-0.3, -0.25) is 0 Å². The lowest BCUT2D eigenvalue weighted by Gasteiger charge is -2.31. The van der Waals surface area contributed by atoms with Crippen LogP contribution in [0, 0.1) is 0 Å². The summed E-state index contributed by atoms with van der Waals surface area (Å²) in [6.07, 6.45) is 0. The SMILES string of the molecule is c1ccc(-c2ccc(N(c3ccc(-c4cccc(-c5cccc6oc7ccccc7c56)c4)cc3)c3ccc4c(c3)-c3ccccc3C43c4ccccc4-c4ccccc43)cc2)cc1. The van der Waals surface area contributed by atoms with Crippen molar-refractivity contribution in [2.45, 2.75) is 5.41 Å². The summed E-state index contributed by atoms with van der Waals surface area (Å²) in [7, 11) is 0. The van der Waals surface area contributed by atoms with Gasteiger partial charge in [-0.15, -0.1) is 0 Å². The highest BCUT2D eigenvalue weighted by atomic mass is 16.3. The maximum Gasteiger partial charge on any atom is 0.136 e. The predicted molar refractivity (Wildman–Crippen MR) is 261 cm³/mol. The molecule has 1 heterocycles. The summed E-state index contributed by atoms with van der Waals surface area (Å²) in [5.41, 5.74) is 22.4. The molecule has 0 fully saturated rings. The fourth-order valence-electron chi connectivity index (χ4n) is 10.8. The largest absolute Gasteiger partial charge is 0.456 e. The number of nitrogens with zero attached hydrogens (tertiary/aromatic N) is 1. The Balaban J connectivity index is 0.940. The lowest BCUT2D eigenvalue weighted by atomic mass is 9.70. The highest BCUT2D eigenvalue weighted by Crippen LogP contribution is 2.63. The molecular formula is C61H39NO. The Labute approximate surface area is 366 Å². The first-order valence-corrected chi connectivity index (χ1v) is 21.7. The molecule has 13 rings (SSSR count). The number of hydrogen-bond donors (Lipinski definition) is 0. The Morgan fingerprint density at radius 1 is 0.286 bits per heavy atom. The Kier molecular flexibility index (Phi) is 7.85. The van der Waals surface area contributed by atoms with E-state index in [1.54, 1.807) is 0 Å². The molecule has 63 heavy (non-hydrogen) atoms. The molecule has 0 bridgehead atoms. The molecule has 0 N–H and O–H groups in total. The molecule has 1 spiro atoms. The molecule has 0 amide bonds. The standard InChI is InChI=1S/C61H39NO/c1-2-14-40(15-3-1)41-28-32-45(33-29-41)62(46-34-30-42(31-35-46)43-16-12-17-44(38-43)48-22-13-27-59-60(48)52-21-7-11-26-58(52)63-59)47-36-37-57-53(39-47)51-20-6-10-25-56(51)61(57)54-23-8-4-18-49(54)50-19-5-9-24-55(50)61/h1-39H. The molecule has 0 aliphatic heterocycles. The maximum atomic E-state index is 6.26. The lowest BCUT2D eigenvalue weighted by Crippen LogP contribution is -2.25. The van der Waals surface area contributed by atoms with Crippen molar-refractivity contribution >= 4 is 39.0 Å². The van der Waals surface area contributed by atoms with Crippen molar-refractivity contribution in [3.63, 3.8) is 0 Å². The first kappa shape index (κ1) is 35.5. The summed E-state index contributed by atoms with van der Waals surface area (Å²) in [5.74, 6) is 0. The topological polar surface area (TPSA) is 16.4 Å². The van der Waals surface area contributed by atoms with Gasteiger partial charge in [-0.2, -0.15) is 0 Å². The quantitative estimate of drug-likeness (QED) is 0.167. The lowest BCUT2D eigenvalue weighted by molar-refractivity contribution is 0.669. The van der Waals surface area contributed by atoms with E-state index in [1.807, 2.05) is 12.1 Å². The Morgan fingerprint density at radius 2 is 0.746 bits per heavy atom. The second-order valence-electron chi connectivity index (χ2n) is 16.8. The Morgan fingerprint density at radius 3 is 1.43 bits per heavy atom. The minimum absolute atomic E-state index is 0.383. The number of benzene rings is 10. The third-order valence-corrected chi connectivity index (χ3v) is 13.5. The molecule has 0 radical (unpaired) electrons. The van der Waals surface area contributed by atoms with Crippen molar-refractivity contribution in [2.75, 3.05) is 4.90 Å². The van der Waals surface area contributed by atoms with Crippen molar-refractivity contribution in [1.29, 1.82) is 0 Å². The molecule has 2 nitrogen and oxygen atoms in total. The second-order valence-corrected chi connectivity index (χ2v) is 16.8. The van der Waals surface area contributed by atoms with E-state index < -0.39 is 0 Å². The number of fused-ring (bicyclic) bond motifs is 13. The van der Waals surface area contributed by atoms with Crippen LogP contribution < -0.4 is 4.90 Å². The molecule has 11 aromatic rings. The molecule has 2 heteroatoms. The van der Waals surface area contributed by atoms with E-state index in [4.69, 9.17) is 4.42 Å². The van der Waals surface area contributed by atoms with E-state index >= 15 is 0 Å². The van der Waals surface area contributed by atoms with E-state index in [2.05, 4.69) is 229 Å². The Hall–Kier alpha value is -8.20. The van der Waals surface area contributed by atoms with E-state index in [0.717, 1.165) is 50.1 Å². The van der Waals surface area contributed by atoms with E-state index in [9.17, 15) is 0 Å². The van der Waals surface area contributed by atoms with Gasteiger partial charge in [-0.05, 0) is 132 Å². The number of anilines is 3. The van der Waals surface area contributed by atoms with Crippen molar-refractivity contribution in [2.24, 2.45) is 0 Å². The van der Waals surface area contributed by atoms with Gasteiger partial charge in [-0.1, -0.05) is 182 Å². The van der Waals surface area contributed by atoms with Crippen LogP contribution in [0.4, 0.5) is 17.1 Å². The molecule has 2 aliphatic carbocycles. The highest BCUT2D eigenvalue weighted by molar-refractivity contribution is 6.12. The second kappa shape index (κ2) is 13.9. The zero-order valence-electron chi connectivity index (χ0n) is 34.4. The van der Waals surface area contributed by atoms with E-state index in [1.165, 1.54) is 66.8 Å². The molecule has 0 unspecified atom stereocenters. The van der Waals surface area contributed by atoms with Crippen LogP contribution in [0.15, 0.2) is 241 Å². The minimum atomic E-state index is -0.383. The molecule has 0 saturated carbocycles. The van der Waals surface area contributed by atoms with Gasteiger partial charge in [0.15, 0.2) is 0 Å². The van der Waals surface area contributed by atoms with Crippen LogP contribution in [0.1, 0.15) is 22.3 Å². The van der Waals surface area contributed by atoms with E-state index in [-0.39, 0.29) is 5.41 Å². The van der Waals surface area contributed by atoms with Crippen LogP contribution in [0.25, 0.3) is 77.6 Å². The van der Waals surface area contributed by atoms with Gasteiger partial charge in [-0.25, -0.2) is 0 Å². The zero-order chi connectivity index (χ0) is 41.5. The summed E-state index contributed by atoms with van der Waals surface area (Å²) in [4.78, 5) is 2.41. The molecule has 0 saturated heterocycles. The monoisotopic (exact) mass is 801 g/mol. The normalized spacial score (nSPS) is 12.9. The zero-order valence-corrected chi connectivity index (χ0v) is 34.4. The van der Waals surface area contributed by atoms with Crippen molar-refractivity contribution < 1.29 is 4.42 Å². The fourth-order valence-corrected chi connectivity index (χ4v) is 10.8. The van der Waals surface area contributed by atoms with Gasteiger partial charge >= 0.3 is 0 Å². The van der Waals surface area contributed by atoms with Crippen molar-refractivity contribution in [3.05, 3.63) is 259 Å². The first-order valence-electron chi connectivity index (χ1n) is 21.7. The summed E-state index contributed by atoms with van der Waals surface area (Å²) >= 11 is 0. The van der Waals surface area contributed by atoms with Gasteiger partial charge in [0.2, 0.25) is 0 Å². The third-order valence-electron chi connectivity index (χ3n) is 13.5. The molecule has 2 aliphatic rings. The van der Waals surface area contributed by atoms with Crippen molar-refractivity contribution in [3.8, 4) is 55.6 Å². The average Bonchev–Trinajstić information content (AvgIpc) is 3.99. The van der Waals surface area contributed by atoms with Gasteiger partial charge in [0.1, 0.15) is 11.2 Å². The van der Waals surface area contributed by atoms with Gasteiger partial charge in [0, 0.05) is 27.8 Å². The molecule has 10 aromatic carbocycles. The van der Waals surface area contributed by atoms with Crippen LogP contribution in [0.2, 0.25) is 0 Å². The maximum absolute atomic E-state index is 6.26. The molecule has 294 valence electrons. The van der Waals surface area contributed by atoms with E-state index in [0.29, 0.717) is 0 Å². The Bertz CT molecular complexity index is 3510. The van der Waals surface area contributed by atoms with Crippen LogP contribution in [0.5, 0.6) is 0 Å². The smallest absolute Gasteiger partial charge is 0.136 e. The van der Waals surface area contributed by atoms with Crippen LogP contribution >= 0.6 is 0 Å². The third kappa shape index (κ3) is 5.32. The first-order chi connectivity index (χ1) is 31.2. The minimum Gasteiger partial charge on any atom is -0.456 e. The van der Waals surface area contributed by atoms with Crippen LogP contribution in [0.3, 0.4) is 0 Å². The molecule has 1 aromatic heterocycles. The molecular weight excluding hydrogens is 763 g/mol. The number of para-hydroxylation sites is 1. The van der Waals surface area contributed by atoms with Crippen LogP contribution in [-0.2, 0) is 5.41 Å².